The Morgan fingerprint density at radius 1 is 1.12 bits per heavy atom. The maximum atomic E-state index is 13.0. The topological polar surface area (TPSA) is 55.6 Å². The summed E-state index contributed by atoms with van der Waals surface area (Å²) >= 11 is 0. The van der Waals surface area contributed by atoms with Gasteiger partial charge in [-0.05, 0) is 30.5 Å². The Morgan fingerprint density at radius 3 is 2.52 bits per heavy atom. The van der Waals surface area contributed by atoms with Crippen molar-refractivity contribution in [3.8, 4) is 5.75 Å². The van der Waals surface area contributed by atoms with Crippen LogP contribution in [-0.2, 0) is 4.79 Å². The van der Waals surface area contributed by atoms with Crippen molar-refractivity contribution in [2.75, 3.05) is 18.1 Å². The number of halogens is 1. The lowest BCUT2D eigenvalue weighted by Crippen LogP contribution is -2.37. The Hall–Kier alpha value is -2.04. The van der Waals surface area contributed by atoms with E-state index in [1.54, 1.807) is 0 Å². The fourth-order valence-corrected chi connectivity index (χ4v) is 3.32. The number of anilines is 1. The van der Waals surface area contributed by atoms with E-state index in [0.717, 1.165) is 36.4 Å². The number of carbonyl (C=O) groups is 1. The zero-order valence-electron chi connectivity index (χ0n) is 14.1. The molecule has 1 spiro atoms. The molecule has 1 fully saturated rings. The number of benzene rings is 2. The van der Waals surface area contributed by atoms with Gasteiger partial charge >= 0.3 is 0 Å². The maximum absolute atomic E-state index is 13.0. The zero-order chi connectivity index (χ0) is 16.6. The van der Waals surface area contributed by atoms with Gasteiger partial charge in [-0.15, -0.1) is 12.4 Å². The number of fused-ring (bicyclic) bond motifs is 1. The summed E-state index contributed by atoms with van der Waals surface area (Å²) in [5, 5.41) is 0. The molecule has 0 saturated heterocycles. The quantitative estimate of drug-likeness (QED) is 0.910. The fourth-order valence-electron chi connectivity index (χ4n) is 3.32. The molecular weight excluding hydrogens is 336 g/mol. The Kier molecular flexibility index (Phi) is 5.02. The highest BCUT2D eigenvalue weighted by Gasteiger charge is 2.48. The number of rotatable bonds is 3. The summed E-state index contributed by atoms with van der Waals surface area (Å²) in [6, 6.07) is 17.3. The second kappa shape index (κ2) is 7.06. The summed E-state index contributed by atoms with van der Waals surface area (Å²) in [6.07, 6.45) is 2.54. The second-order valence-corrected chi connectivity index (χ2v) is 6.96. The first-order valence-corrected chi connectivity index (χ1v) is 8.50. The molecule has 1 unspecified atom stereocenters. The molecule has 2 N–H and O–H groups in total. The van der Waals surface area contributed by atoms with Gasteiger partial charge in [-0.25, -0.2) is 0 Å². The third-order valence-corrected chi connectivity index (χ3v) is 5.06. The van der Waals surface area contributed by atoms with E-state index in [9.17, 15) is 4.79 Å². The van der Waals surface area contributed by atoms with E-state index in [-0.39, 0.29) is 29.8 Å². The molecule has 0 radical (unpaired) electrons. The molecular formula is C20H23ClN2O2. The van der Waals surface area contributed by atoms with Gasteiger partial charge in [0.25, 0.3) is 0 Å². The van der Waals surface area contributed by atoms with Crippen molar-refractivity contribution in [3.05, 3.63) is 60.2 Å². The predicted octanol–water partition coefficient (Wildman–Crippen LogP) is 3.70. The number of para-hydroxylation sites is 2. The van der Waals surface area contributed by atoms with Gasteiger partial charge in [0.05, 0.1) is 12.3 Å². The van der Waals surface area contributed by atoms with E-state index < -0.39 is 0 Å². The molecule has 1 aliphatic carbocycles. The average Bonchev–Trinajstić information content (AvgIpc) is 3.41. The van der Waals surface area contributed by atoms with E-state index >= 15 is 0 Å². The number of nitrogens with zero attached hydrogens (tertiary/aromatic N) is 1. The molecule has 1 saturated carbocycles. The van der Waals surface area contributed by atoms with Crippen LogP contribution in [-0.4, -0.2) is 19.1 Å². The van der Waals surface area contributed by atoms with Crippen molar-refractivity contribution in [2.24, 2.45) is 11.1 Å². The van der Waals surface area contributed by atoms with Crippen molar-refractivity contribution in [1.82, 2.24) is 0 Å². The van der Waals surface area contributed by atoms with Crippen molar-refractivity contribution < 1.29 is 9.53 Å². The molecule has 5 heteroatoms. The minimum absolute atomic E-state index is 0. The monoisotopic (exact) mass is 358 g/mol. The lowest BCUT2D eigenvalue weighted by atomic mass is 10.0. The summed E-state index contributed by atoms with van der Waals surface area (Å²) in [5.41, 5.74) is 8.26. The van der Waals surface area contributed by atoms with Gasteiger partial charge in [-0.2, -0.15) is 0 Å². The van der Waals surface area contributed by atoms with Gasteiger partial charge in [0.2, 0.25) is 5.91 Å². The van der Waals surface area contributed by atoms with Crippen LogP contribution in [0.2, 0.25) is 0 Å². The third-order valence-electron chi connectivity index (χ3n) is 5.06. The fraction of sp³-hybridized carbons (Fsp3) is 0.350. The molecule has 2 aliphatic rings. The van der Waals surface area contributed by atoms with Crippen LogP contribution in [0.5, 0.6) is 5.75 Å². The first-order chi connectivity index (χ1) is 11.7. The van der Waals surface area contributed by atoms with E-state index in [2.05, 4.69) is 0 Å². The van der Waals surface area contributed by atoms with Crippen molar-refractivity contribution in [2.45, 2.75) is 25.3 Å². The van der Waals surface area contributed by atoms with Crippen molar-refractivity contribution in [1.29, 1.82) is 0 Å². The number of amides is 1. The molecule has 4 rings (SSSR count). The molecule has 25 heavy (non-hydrogen) atoms. The van der Waals surface area contributed by atoms with Gasteiger partial charge in [0.15, 0.2) is 0 Å². The smallest absolute Gasteiger partial charge is 0.229 e. The predicted molar refractivity (Wildman–Crippen MR) is 101 cm³/mol. The summed E-state index contributed by atoms with van der Waals surface area (Å²) in [4.78, 5) is 14.9. The Balaban J connectivity index is 0.00000182. The second-order valence-electron chi connectivity index (χ2n) is 6.96. The summed E-state index contributed by atoms with van der Waals surface area (Å²) in [6.45, 7) is 1.42. The molecule has 2 aromatic carbocycles. The summed E-state index contributed by atoms with van der Waals surface area (Å²) < 4.78 is 5.97. The standard InChI is InChI=1S/C20H22N2O2.ClH/c21-16(15-6-2-1-3-7-15)12-19(23)22-13-20(10-11-20)14-24-18-9-5-4-8-17(18)22;/h1-9,16H,10-14,21H2;1H. The van der Waals surface area contributed by atoms with Crippen molar-refractivity contribution >= 4 is 24.0 Å². The normalized spacial score (nSPS) is 18.4. The van der Waals surface area contributed by atoms with Gasteiger partial charge in [-0.3, -0.25) is 4.79 Å². The van der Waals surface area contributed by atoms with Crippen LogP contribution in [0.4, 0.5) is 5.69 Å². The molecule has 132 valence electrons. The SMILES string of the molecule is Cl.NC(CC(=O)N1CC2(CC2)COc2ccccc21)c1ccccc1. The Bertz CT molecular complexity index is 746. The lowest BCUT2D eigenvalue weighted by molar-refractivity contribution is -0.119. The van der Waals surface area contributed by atoms with Crippen LogP contribution in [0.15, 0.2) is 54.6 Å². The largest absolute Gasteiger partial charge is 0.491 e. The summed E-state index contributed by atoms with van der Waals surface area (Å²) in [7, 11) is 0. The highest BCUT2D eigenvalue weighted by atomic mass is 35.5. The molecule has 1 amide bonds. The van der Waals surface area contributed by atoms with Gasteiger partial charge in [0.1, 0.15) is 5.75 Å². The molecule has 1 aliphatic heterocycles. The maximum Gasteiger partial charge on any atom is 0.229 e. The minimum atomic E-state index is -0.287. The Morgan fingerprint density at radius 2 is 1.80 bits per heavy atom. The molecule has 4 nitrogen and oxygen atoms in total. The summed E-state index contributed by atoms with van der Waals surface area (Å²) in [5.74, 6) is 0.860. The molecule has 2 aromatic rings. The van der Waals surface area contributed by atoms with Crippen LogP contribution in [0.1, 0.15) is 30.9 Å². The first-order valence-electron chi connectivity index (χ1n) is 8.50. The van der Waals surface area contributed by atoms with E-state index in [1.165, 1.54) is 0 Å². The van der Waals surface area contributed by atoms with Crippen LogP contribution in [0.3, 0.4) is 0 Å². The lowest BCUT2D eigenvalue weighted by Gasteiger charge is -2.25. The molecule has 0 aromatic heterocycles. The average molecular weight is 359 g/mol. The van der Waals surface area contributed by atoms with E-state index in [4.69, 9.17) is 10.5 Å². The van der Waals surface area contributed by atoms with E-state index in [1.807, 2.05) is 59.5 Å². The van der Waals surface area contributed by atoms with Crippen LogP contribution < -0.4 is 15.4 Å². The highest BCUT2D eigenvalue weighted by Crippen LogP contribution is 2.50. The number of ether oxygens (including phenoxy) is 1. The van der Waals surface area contributed by atoms with Gasteiger partial charge in [0, 0.05) is 24.4 Å². The molecule has 1 heterocycles. The van der Waals surface area contributed by atoms with Gasteiger partial charge < -0.3 is 15.4 Å². The number of hydrogen-bond donors (Lipinski definition) is 1. The van der Waals surface area contributed by atoms with Gasteiger partial charge in [-0.1, -0.05) is 42.5 Å². The van der Waals surface area contributed by atoms with Crippen LogP contribution in [0.25, 0.3) is 0 Å². The number of hydrogen-bond acceptors (Lipinski definition) is 3. The van der Waals surface area contributed by atoms with Crippen molar-refractivity contribution in [3.63, 3.8) is 0 Å². The molecule has 0 bridgehead atoms. The Labute approximate surface area is 154 Å². The first kappa shape index (κ1) is 17.8. The van der Waals surface area contributed by atoms with Crippen LogP contribution in [0, 0.1) is 5.41 Å². The van der Waals surface area contributed by atoms with E-state index in [0.29, 0.717) is 13.0 Å². The highest BCUT2D eigenvalue weighted by molar-refractivity contribution is 5.95. The zero-order valence-corrected chi connectivity index (χ0v) is 14.9. The number of carbonyl (C=O) groups excluding carboxylic acids is 1. The molecule has 1 atom stereocenters. The minimum Gasteiger partial charge on any atom is -0.491 e. The number of nitrogens with two attached hydrogens (primary N) is 1. The third kappa shape index (κ3) is 3.65. The van der Waals surface area contributed by atoms with Crippen LogP contribution >= 0.6 is 12.4 Å².